The van der Waals surface area contributed by atoms with Crippen molar-refractivity contribution in [2.75, 3.05) is 13.1 Å². The van der Waals surface area contributed by atoms with Crippen molar-refractivity contribution in [2.45, 2.75) is 45.1 Å². The first-order chi connectivity index (χ1) is 18.2. The number of amides is 2. The number of halogens is 1. The van der Waals surface area contributed by atoms with Crippen molar-refractivity contribution >= 4 is 22.8 Å². The zero-order chi connectivity index (χ0) is 27.0. The number of carbonyl (C=O) groups excluding carboxylic acids is 2. The molecule has 10 nitrogen and oxygen atoms in total. The summed E-state index contributed by atoms with van der Waals surface area (Å²) in [5.74, 6) is -0.850. The molecule has 11 heteroatoms. The monoisotopic (exact) mass is 517 g/mol. The van der Waals surface area contributed by atoms with E-state index in [0.717, 1.165) is 23.1 Å². The minimum absolute atomic E-state index is 0.0267. The molecule has 0 radical (unpaired) electrons. The summed E-state index contributed by atoms with van der Waals surface area (Å²) < 4.78 is 20.3. The molecule has 1 saturated heterocycles. The Morgan fingerprint density at radius 2 is 2.13 bits per heavy atom. The van der Waals surface area contributed by atoms with Crippen molar-refractivity contribution in [3.05, 3.63) is 71.9 Å². The van der Waals surface area contributed by atoms with Crippen LogP contribution in [0.2, 0.25) is 0 Å². The number of fused-ring (bicyclic) bond motifs is 1. The van der Waals surface area contributed by atoms with Gasteiger partial charge in [0.05, 0.1) is 11.1 Å². The van der Waals surface area contributed by atoms with Gasteiger partial charge >= 0.3 is 0 Å². The standard InChI is InChI=1S/C27H28FN7O3/c1-5-20(36)35-11-9-17(14-35)22-21-18(8-10-29-23(21)33-32-22)15-6-7-16(19(28)12-15)13-30-25(37)24-31-26(38-34-24)27(2,3)4/h5-8,10,12,17H,1,9,11,13-14H2,2-4H3,(H,30,37)(H,29,32,33). The van der Waals surface area contributed by atoms with E-state index in [1.165, 1.54) is 12.1 Å². The number of likely N-dealkylation sites (tertiary alicyclic amines) is 1. The molecule has 0 saturated carbocycles. The van der Waals surface area contributed by atoms with Crippen molar-refractivity contribution in [1.29, 1.82) is 0 Å². The molecule has 0 spiro atoms. The predicted octanol–water partition coefficient (Wildman–Crippen LogP) is 3.88. The van der Waals surface area contributed by atoms with Crippen LogP contribution in [0.1, 0.15) is 60.9 Å². The van der Waals surface area contributed by atoms with Gasteiger partial charge in [0.15, 0.2) is 5.65 Å². The number of pyridine rings is 1. The Balaban J connectivity index is 1.36. The number of nitrogens with zero attached hydrogens (tertiary/aromatic N) is 5. The molecule has 1 aliphatic heterocycles. The molecule has 0 aliphatic carbocycles. The van der Waals surface area contributed by atoms with Crippen molar-refractivity contribution in [3.8, 4) is 11.1 Å². The first-order valence-electron chi connectivity index (χ1n) is 12.3. The van der Waals surface area contributed by atoms with E-state index in [1.807, 2.05) is 26.8 Å². The molecule has 2 amide bonds. The van der Waals surface area contributed by atoms with Gasteiger partial charge in [0.25, 0.3) is 11.7 Å². The van der Waals surface area contributed by atoms with Crippen molar-refractivity contribution in [2.24, 2.45) is 0 Å². The summed E-state index contributed by atoms with van der Waals surface area (Å²) in [7, 11) is 0. The summed E-state index contributed by atoms with van der Waals surface area (Å²) in [5, 5.41) is 14.6. The molecular formula is C27H28FN7O3. The zero-order valence-electron chi connectivity index (χ0n) is 21.4. The normalized spacial score (nSPS) is 15.7. The highest BCUT2D eigenvalue weighted by Crippen LogP contribution is 2.36. The second-order valence-corrected chi connectivity index (χ2v) is 10.3. The SMILES string of the molecule is C=CC(=O)N1CCC(c2n[nH]c3nccc(-c4ccc(CNC(=O)c5noc(C(C)(C)C)n5)c(F)c4)c23)C1. The van der Waals surface area contributed by atoms with E-state index >= 15 is 4.39 Å². The van der Waals surface area contributed by atoms with Crippen LogP contribution in [-0.2, 0) is 16.8 Å². The average molecular weight is 518 g/mol. The van der Waals surface area contributed by atoms with Gasteiger partial charge in [-0.15, -0.1) is 0 Å². The van der Waals surface area contributed by atoms with Gasteiger partial charge in [-0.2, -0.15) is 10.1 Å². The number of nitrogens with one attached hydrogen (secondary N) is 2. The number of rotatable bonds is 6. The van der Waals surface area contributed by atoms with Gasteiger partial charge in [0.2, 0.25) is 11.8 Å². The summed E-state index contributed by atoms with van der Waals surface area (Å²) in [6, 6.07) is 6.68. The van der Waals surface area contributed by atoms with Crippen LogP contribution in [0, 0.1) is 5.82 Å². The van der Waals surface area contributed by atoms with Crippen LogP contribution in [0.5, 0.6) is 0 Å². The Bertz CT molecular complexity index is 1540. The molecule has 4 aromatic rings. The van der Waals surface area contributed by atoms with Gasteiger partial charge in [-0.3, -0.25) is 14.7 Å². The summed E-state index contributed by atoms with van der Waals surface area (Å²) in [6.07, 6.45) is 3.72. The lowest BCUT2D eigenvalue weighted by atomic mass is 9.95. The van der Waals surface area contributed by atoms with Crippen LogP contribution in [-0.4, -0.2) is 55.1 Å². The number of hydrogen-bond acceptors (Lipinski definition) is 7. The number of H-pyrrole nitrogens is 1. The first kappa shape index (κ1) is 25.2. The van der Waals surface area contributed by atoms with Gasteiger partial charge in [-0.25, -0.2) is 9.37 Å². The smallest absolute Gasteiger partial charge is 0.292 e. The van der Waals surface area contributed by atoms with E-state index in [2.05, 4.69) is 37.2 Å². The Hall–Kier alpha value is -4.41. The van der Waals surface area contributed by atoms with Crippen LogP contribution in [0.3, 0.4) is 0 Å². The van der Waals surface area contributed by atoms with Gasteiger partial charge in [-0.1, -0.05) is 44.6 Å². The predicted molar refractivity (Wildman–Crippen MR) is 138 cm³/mol. The third kappa shape index (κ3) is 4.79. The summed E-state index contributed by atoms with van der Waals surface area (Å²) in [4.78, 5) is 34.8. The molecule has 5 rings (SSSR count). The molecule has 1 unspecified atom stereocenters. The van der Waals surface area contributed by atoms with Crippen molar-refractivity contribution in [1.82, 2.24) is 35.5 Å². The Morgan fingerprint density at radius 3 is 2.84 bits per heavy atom. The molecule has 3 aromatic heterocycles. The molecule has 0 bridgehead atoms. The summed E-state index contributed by atoms with van der Waals surface area (Å²) >= 11 is 0. The lowest BCUT2D eigenvalue weighted by Crippen LogP contribution is -2.26. The number of aromatic nitrogens is 5. The fraction of sp³-hybridized carbons (Fsp3) is 0.333. The molecule has 38 heavy (non-hydrogen) atoms. The van der Waals surface area contributed by atoms with Crippen LogP contribution >= 0.6 is 0 Å². The maximum absolute atomic E-state index is 15.2. The van der Waals surface area contributed by atoms with Crippen LogP contribution in [0.15, 0.2) is 47.6 Å². The molecule has 1 fully saturated rings. The highest BCUT2D eigenvalue weighted by molar-refractivity contribution is 5.95. The van der Waals surface area contributed by atoms with Crippen LogP contribution < -0.4 is 5.32 Å². The summed E-state index contributed by atoms with van der Waals surface area (Å²) in [6.45, 7) is 10.4. The zero-order valence-corrected chi connectivity index (χ0v) is 21.4. The molecule has 4 heterocycles. The van der Waals surface area contributed by atoms with Crippen LogP contribution in [0.25, 0.3) is 22.2 Å². The van der Waals surface area contributed by atoms with E-state index in [-0.39, 0.29) is 29.6 Å². The van der Waals surface area contributed by atoms with Gasteiger partial charge in [0, 0.05) is 42.7 Å². The lowest BCUT2D eigenvalue weighted by molar-refractivity contribution is -0.125. The van der Waals surface area contributed by atoms with Crippen molar-refractivity contribution in [3.63, 3.8) is 0 Å². The molecule has 1 atom stereocenters. The van der Waals surface area contributed by atoms with Gasteiger partial charge < -0.3 is 14.7 Å². The molecule has 2 N–H and O–H groups in total. The molecular weight excluding hydrogens is 489 g/mol. The topological polar surface area (TPSA) is 130 Å². The fourth-order valence-corrected chi connectivity index (χ4v) is 4.56. The highest BCUT2D eigenvalue weighted by atomic mass is 19.1. The maximum atomic E-state index is 15.2. The summed E-state index contributed by atoms with van der Waals surface area (Å²) in [5.41, 5.74) is 2.75. The molecule has 1 aromatic carbocycles. The molecule has 1 aliphatic rings. The minimum atomic E-state index is -0.549. The van der Waals surface area contributed by atoms with E-state index in [4.69, 9.17) is 4.52 Å². The van der Waals surface area contributed by atoms with Crippen molar-refractivity contribution < 1.29 is 18.5 Å². The number of benzene rings is 1. The number of carbonyl (C=O) groups is 2. The van der Waals surface area contributed by atoms with Gasteiger partial charge in [-0.05, 0) is 35.8 Å². The van der Waals surface area contributed by atoms with E-state index in [9.17, 15) is 9.59 Å². The maximum Gasteiger partial charge on any atom is 0.292 e. The van der Waals surface area contributed by atoms with E-state index in [0.29, 0.717) is 35.8 Å². The lowest BCUT2D eigenvalue weighted by Gasteiger charge is -2.14. The third-order valence-corrected chi connectivity index (χ3v) is 6.62. The Labute approximate surface area is 218 Å². The largest absolute Gasteiger partial charge is 0.345 e. The van der Waals surface area contributed by atoms with E-state index in [1.54, 1.807) is 23.2 Å². The van der Waals surface area contributed by atoms with E-state index < -0.39 is 11.7 Å². The second-order valence-electron chi connectivity index (χ2n) is 10.3. The Morgan fingerprint density at radius 1 is 1.32 bits per heavy atom. The quantitative estimate of drug-likeness (QED) is 0.371. The minimum Gasteiger partial charge on any atom is -0.345 e. The third-order valence-electron chi connectivity index (χ3n) is 6.62. The fourth-order valence-electron chi connectivity index (χ4n) is 4.56. The van der Waals surface area contributed by atoms with Crippen LogP contribution in [0.4, 0.5) is 4.39 Å². The molecule has 196 valence electrons. The first-order valence-corrected chi connectivity index (χ1v) is 12.3. The van der Waals surface area contributed by atoms with Gasteiger partial charge in [0.1, 0.15) is 5.82 Å². The number of hydrogen-bond donors (Lipinski definition) is 2. The highest BCUT2D eigenvalue weighted by Gasteiger charge is 2.30. The number of aromatic amines is 1. The second kappa shape index (κ2) is 9.81. The average Bonchev–Trinajstić information content (AvgIpc) is 3.66. The Kier molecular flexibility index (Phi) is 6.52.